The highest BCUT2D eigenvalue weighted by Gasteiger charge is 2.31. The molecular formula is C14H17N3O2. The molecule has 2 N–H and O–H groups in total. The summed E-state index contributed by atoms with van der Waals surface area (Å²) in [6, 6.07) is 5.77. The maximum atomic E-state index is 11.9. The van der Waals surface area contributed by atoms with Gasteiger partial charge in [0.05, 0.1) is 29.7 Å². The molecule has 0 spiro atoms. The van der Waals surface area contributed by atoms with Crippen molar-refractivity contribution in [3.05, 3.63) is 29.6 Å². The lowest BCUT2D eigenvalue weighted by atomic mass is 10.2. The van der Waals surface area contributed by atoms with Crippen molar-refractivity contribution in [2.45, 2.75) is 31.8 Å². The number of rotatable bonds is 3. The van der Waals surface area contributed by atoms with Crippen molar-refractivity contribution in [1.82, 2.24) is 9.55 Å². The van der Waals surface area contributed by atoms with Crippen molar-refractivity contribution >= 4 is 17.0 Å². The van der Waals surface area contributed by atoms with Crippen LogP contribution in [0.4, 0.5) is 0 Å². The maximum absolute atomic E-state index is 11.9. The zero-order chi connectivity index (χ0) is 13.6. The van der Waals surface area contributed by atoms with E-state index in [2.05, 4.69) is 9.55 Å². The number of hydrogen-bond acceptors (Lipinski definition) is 4. The summed E-state index contributed by atoms with van der Waals surface area (Å²) >= 11 is 0. The molecule has 100 valence electrons. The Morgan fingerprint density at radius 1 is 1.53 bits per heavy atom. The quantitative estimate of drug-likeness (QED) is 0.858. The Balaban J connectivity index is 2.31. The van der Waals surface area contributed by atoms with E-state index in [9.17, 15) is 4.79 Å². The van der Waals surface area contributed by atoms with Gasteiger partial charge >= 0.3 is 5.97 Å². The fraction of sp³-hybridized carbons (Fsp3) is 0.429. The average Bonchev–Trinajstić information content (AvgIpc) is 3.16. The number of para-hydroxylation sites is 1. The van der Waals surface area contributed by atoms with Crippen LogP contribution in [0.1, 0.15) is 48.0 Å². The largest absolute Gasteiger partial charge is 0.465 e. The molecule has 19 heavy (non-hydrogen) atoms. The van der Waals surface area contributed by atoms with E-state index in [0.29, 0.717) is 11.6 Å². The first kappa shape index (κ1) is 12.2. The summed E-state index contributed by atoms with van der Waals surface area (Å²) in [6.45, 7) is 1.91. The van der Waals surface area contributed by atoms with Crippen LogP contribution in [0.2, 0.25) is 0 Å². The standard InChI is InChI=1S/C14H17N3O2/c1-8(15)13-16-11-5-3-4-10(14(18)19-2)12(11)17(13)9-6-7-9/h3-5,8-9H,6-7,15H2,1-2H3. The summed E-state index contributed by atoms with van der Waals surface area (Å²) < 4.78 is 6.98. The number of nitrogens with two attached hydrogens (primary N) is 1. The molecule has 1 aliphatic rings. The van der Waals surface area contributed by atoms with E-state index in [0.717, 1.165) is 29.7 Å². The molecule has 1 atom stereocenters. The van der Waals surface area contributed by atoms with Gasteiger partial charge in [-0.15, -0.1) is 0 Å². The van der Waals surface area contributed by atoms with Crippen LogP contribution in [0.3, 0.4) is 0 Å². The Morgan fingerprint density at radius 2 is 2.26 bits per heavy atom. The van der Waals surface area contributed by atoms with Gasteiger partial charge in [0, 0.05) is 6.04 Å². The SMILES string of the molecule is COC(=O)c1cccc2nc(C(C)N)n(C3CC3)c12. The predicted molar refractivity (Wildman–Crippen MR) is 71.9 cm³/mol. The third kappa shape index (κ3) is 1.90. The molecule has 1 aromatic heterocycles. The summed E-state index contributed by atoms with van der Waals surface area (Å²) in [5, 5.41) is 0. The van der Waals surface area contributed by atoms with Gasteiger partial charge in [-0.3, -0.25) is 0 Å². The topological polar surface area (TPSA) is 70.1 Å². The van der Waals surface area contributed by atoms with E-state index in [4.69, 9.17) is 10.5 Å². The highest BCUT2D eigenvalue weighted by molar-refractivity contribution is 6.02. The molecule has 5 heteroatoms. The third-order valence-corrected chi connectivity index (χ3v) is 3.46. The molecule has 1 unspecified atom stereocenters. The Kier molecular flexibility index (Phi) is 2.78. The Morgan fingerprint density at radius 3 is 2.84 bits per heavy atom. The van der Waals surface area contributed by atoms with Crippen LogP contribution in [-0.2, 0) is 4.74 Å². The van der Waals surface area contributed by atoms with Crippen LogP contribution in [0, 0.1) is 0 Å². The highest BCUT2D eigenvalue weighted by atomic mass is 16.5. The number of methoxy groups -OCH3 is 1. The minimum atomic E-state index is -0.330. The molecule has 0 saturated heterocycles. The number of fused-ring (bicyclic) bond motifs is 1. The van der Waals surface area contributed by atoms with E-state index in [1.165, 1.54) is 7.11 Å². The van der Waals surface area contributed by atoms with Crippen molar-refractivity contribution in [1.29, 1.82) is 0 Å². The van der Waals surface area contributed by atoms with Crippen LogP contribution in [0.5, 0.6) is 0 Å². The Hall–Kier alpha value is -1.88. The minimum absolute atomic E-state index is 0.154. The number of imidazole rings is 1. The number of esters is 1. The molecular weight excluding hydrogens is 242 g/mol. The lowest BCUT2D eigenvalue weighted by Crippen LogP contribution is -2.14. The van der Waals surface area contributed by atoms with Gasteiger partial charge in [0.1, 0.15) is 5.82 Å². The van der Waals surface area contributed by atoms with Crippen molar-refractivity contribution in [3.8, 4) is 0 Å². The third-order valence-electron chi connectivity index (χ3n) is 3.46. The number of carbonyl (C=O) groups excluding carboxylic acids is 1. The molecule has 1 fully saturated rings. The molecule has 2 aromatic rings. The van der Waals surface area contributed by atoms with Crippen LogP contribution in [0.25, 0.3) is 11.0 Å². The summed E-state index contributed by atoms with van der Waals surface area (Å²) in [5.74, 6) is 0.512. The summed E-state index contributed by atoms with van der Waals surface area (Å²) in [4.78, 5) is 16.5. The van der Waals surface area contributed by atoms with Gasteiger partial charge in [-0.25, -0.2) is 9.78 Å². The summed E-state index contributed by atoms with van der Waals surface area (Å²) in [5.41, 5.74) is 8.22. The van der Waals surface area contributed by atoms with Gasteiger partial charge in [-0.1, -0.05) is 6.07 Å². The summed E-state index contributed by atoms with van der Waals surface area (Å²) in [7, 11) is 1.39. The number of aromatic nitrogens is 2. The van der Waals surface area contributed by atoms with Crippen molar-refractivity contribution in [2.24, 2.45) is 5.73 Å². The second-order valence-electron chi connectivity index (χ2n) is 5.02. The van der Waals surface area contributed by atoms with Gasteiger partial charge in [0.25, 0.3) is 0 Å². The molecule has 0 radical (unpaired) electrons. The van der Waals surface area contributed by atoms with E-state index < -0.39 is 0 Å². The molecule has 1 saturated carbocycles. The number of benzene rings is 1. The van der Waals surface area contributed by atoms with Crippen LogP contribution >= 0.6 is 0 Å². The second-order valence-corrected chi connectivity index (χ2v) is 5.02. The monoisotopic (exact) mass is 259 g/mol. The molecule has 0 bridgehead atoms. The first-order valence-electron chi connectivity index (χ1n) is 6.48. The maximum Gasteiger partial charge on any atom is 0.340 e. The average molecular weight is 259 g/mol. The second kappa shape index (κ2) is 4.35. The molecule has 0 amide bonds. The Bertz CT molecular complexity index is 641. The number of hydrogen-bond donors (Lipinski definition) is 1. The van der Waals surface area contributed by atoms with Gasteiger partial charge < -0.3 is 15.0 Å². The van der Waals surface area contributed by atoms with Crippen LogP contribution < -0.4 is 5.73 Å². The van der Waals surface area contributed by atoms with E-state index in [1.807, 2.05) is 19.1 Å². The molecule has 1 heterocycles. The van der Waals surface area contributed by atoms with Crippen molar-refractivity contribution in [3.63, 3.8) is 0 Å². The predicted octanol–water partition coefficient (Wildman–Crippen LogP) is 2.18. The van der Waals surface area contributed by atoms with Crippen LogP contribution in [0.15, 0.2) is 18.2 Å². The van der Waals surface area contributed by atoms with Gasteiger partial charge in [0.2, 0.25) is 0 Å². The zero-order valence-corrected chi connectivity index (χ0v) is 11.1. The first-order chi connectivity index (χ1) is 9.13. The minimum Gasteiger partial charge on any atom is -0.465 e. The fourth-order valence-corrected chi connectivity index (χ4v) is 2.46. The fourth-order valence-electron chi connectivity index (χ4n) is 2.46. The number of nitrogens with zero attached hydrogens (tertiary/aromatic N) is 2. The lowest BCUT2D eigenvalue weighted by Gasteiger charge is -2.11. The number of ether oxygens (including phenoxy) is 1. The lowest BCUT2D eigenvalue weighted by molar-refractivity contribution is 0.0602. The smallest absolute Gasteiger partial charge is 0.340 e. The molecule has 1 aromatic carbocycles. The van der Waals surface area contributed by atoms with E-state index >= 15 is 0 Å². The Labute approximate surface area is 111 Å². The normalized spacial score (nSPS) is 16.6. The van der Waals surface area contributed by atoms with E-state index in [1.54, 1.807) is 6.07 Å². The van der Waals surface area contributed by atoms with E-state index in [-0.39, 0.29) is 12.0 Å². The molecule has 1 aliphatic carbocycles. The zero-order valence-electron chi connectivity index (χ0n) is 11.1. The summed E-state index contributed by atoms with van der Waals surface area (Å²) in [6.07, 6.45) is 2.22. The number of carbonyl (C=O) groups is 1. The van der Waals surface area contributed by atoms with Gasteiger partial charge in [-0.2, -0.15) is 0 Å². The van der Waals surface area contributed by atoms with Crippen LogP contribution in [-0.4, -0.2) is 22.6 Å². The highest BCUT2D eigenvalue weighted by Crippen LogP contribution is 2.40. The van der Waals surface area contributed by atoms with Crippen molar-refractivity contribution in [2.75, 3.05) is 7.11 Å². The van der Waals surface area contributed by atoms with Gasteiger partial charge in [-0.05, 0) is 31.9 Å². The van der Waals surface area contributed by atoms with Gasteiger partial charge in [0.15, 0.2) is 0 Å². The van der Waals surface area contributed by atoms with Crippen molar-refractivity contribution < 1.29 is 9.53 Å². The molecule has 0 aliphatic heterocycles. The molecule has 3 rings (SSSR count). The molecule has 5 nitrogen and oxygen atoms in total. The first-order valence-corrected chi connectivity index (χ1v) is 6.48.